The fourth-order valence-electron chi connectivity index (χ4n) is 4.81. The van der Waals surface area contributed by atoms with E-state index in [1.54, 1.807) is 6.92 Å². The highest BCUT2D eigenvalue weighted by atomic mass is 16.5. The Bertz CT molecular complexity index is 976. The lowest BCUT2D eigenvalue weighted by molar-refractivity contribution is -0.156. The summed E-state index contributed by atoms with van der Waals surface area (Å²) in [5, 5.41) is 9.99. The third-order valence-electron chi connectivity index (χ3n) is 6.92. The van der Waals surface area contributed by atoms with Crippen molar-refractivity contribution in [2.75, 3.05) is 0 Å². The molecule has 5 nitrogen and oxygen atoms in total. The SMILES string of the molecule is C=C1CC[C@H](OC(C)=O)C(C)(C)[C@@H]1CCC(C)=CCCC(C)=CCc1c(O)cc(C)oc1=O. The third-order valence-corrected chi connectivity index (χ3v) is 6.92. The Hall–Kier alpha value is -2.56. The van der Waals surface area contributed by atoms with Crippen LogP contribution in [0.1, 0.15) is 84.5 Å². The first-order chi connectivity index (χ1) is 15.4. The van der Waals surface area contributed by atoms with Crippen LogP contribution in [0.5, 0.6) is 5.75 Å². The molecule has 0 saturated heterocycles. The van der Waals surface area contributed by atoms with Gasteiger partial charge in [-0.3, -0.25) is 4.79 Å². The first kappa shape index (κ1) is 26.7. The predicted octanol–water partition coefficient (Wildman–Crippen LogP) is 6.57. The van der Waals surface area contributed by atoms with Crippen molar-refractivity contribution in [1.82, 2.24) is 0 Å². The fraction of sp³-hybridized carbons (Fsp3) is 0.571. The van der Waals surface area contributed by atoms with Crippen LogP contribution in [0.3, 0.4) is 0 Å². The van der Waals surface area contributed by atoms with Gasteiger partial charge in [-0.05, 0) is 65.2 Å². The van der Waals surface area contributed by atoms with E-state index < -0.39 is 5.63 Å². The summed E-state index contributed by atoms with van der Waals surface area (Å²) in [7, 11) is 0. The molecular weight excluding hydrogens is 416 g/mol. The zero-order valence-corrected chi connectivity index (χ0v) is 21.1. The van der Waals surface area contributed by atoms with Gasteiger partial charge in [0, 0.05) is 24.8 Å². The number of carbonyl (C=O) groups is 1. The smallest absolute Gasteiger partial charge is 0.343 e. The zero-order chi connectivity index (χ0) is 24.8. The van der Waals surface area contributed by atoms with Crippen LogP contribution in [-0.2, 0) is 16.0 Å². The number of allylic oxidation sites excluding steroid dienone is 5. The Morgan fingerprint density at radius 3 is 2.55 bits per heavy atom. The van der Waals surface area contributed by atoms with Gasteiger partial charge in [-0.25, -0.2) is 4.79 Å². The van der Waals surface area contributed by atoms with E-state index >= 15 is 0 Å². The molecule has 0 bridgehead atoms. The minimum absolute atomic E-state index is 0.00768. The maximum Gasteiger partial charge on any atom is 0.343 e. The molecule has 1 fully saturated rings. The van der Waals surface area contributed by atoms with Crippen LogP contribution in [0.4, 0.5) is 0 Å². The molecule has 1 aromatic heterocycles. The van der Waals surface area contributed by atoms with E-state index in [0.717, 1.165) is 38.5 Å². The molecule has 1 N–H and O–H groups in total. The van der Waals surface area contributed by atoms with E-state index in [4.69, 9.17) is 9.15 Å². The summed E-state index contributed by atoms with van der Waals surface area (Å²) in [6, 6.07) is 1.47. The van der Waals surface area contributed by atoms with Crippen molar-refractivity contribution in [3.63, 3.8) is 0 Å². The average Bonchev–Trinajstić information content (AvgIpc) is 2.69. The van der Waals surface area contributed by atoms with Crippen molar-refractivity contribution in [1.29, 1.82) is 0 Å². The van der Waals surface area contributed by atoms with E-state index in [1.165, 1.54) is 29.7 Å². The van der Waals surface area contributed by atoms with Gasteiger partial charge >= 0.3 is 11.6 Å². The lowest BCUT2D eigenvalue weighted by atomic mass is 9.63. The Balaban J connectivity index is 1.88. The van der Waals surface area contributed by atoms with Crippen molar-refractivity contribution >= 4 is 5.97 Å². The van der Waals surface area contributed by atoms with Crippen LogP contribution in [0.25, 0.3) is 0 Å². The van der Waals surface area contributed by atoms with Crippen LogP contribution in [0.2, 0.25) is 0 Å². The van der Waals surface area contributed by atoms with Gasteiger partial charge in [-0.15, -0.1) is 0 Å². The molecule has 0 aromatic carbocycles. The Morgan fingerprint density at radius 1 is 1.24 bits per heavy atom. The maximum atomic E-state index is 11.9. The van der Waals surface area contributed by atoms with Crippen molar-refractivity contribution in [3.05, 3.63) is 63.3 Å². The first-order valence-electron chi connectivity index (χ1n) is 11.9. The van der Waals surface area contributed by atoms with E-state index in [1.807, 2.05) is 13.0 Å². The molecule has 2 rings (SSSR count). The molecule has 1 saturated carbocycles. The first-order valence-corrected chi connectivity index (χ1v) is 11.9. The molecule has 33 heavy (non-hydrogen) atoms. The van der Waals surface area contributed by atoms with Gasteiger partial charge in [-0.2, -0.15) is 0 Å². The topological polar surface area (TPSA) is 76.7 Å². The molecular formula is C28H40O5. The lowest BCUT2D eigenvalue weighted by Gasteiger charge is -2.45. The molecule has 0 aliphatic heterocycles. The molecule has 0 amide bonds. The number of hydrogen-bond donors (Lipinski definition) is 1. The van der Waals surface area contributed by atoms with Crippen LogP contribution >= 0.6 is 0 Å². The molecule has 1 aromatic rings. The molecule has 2 atom stereocenters. The van der Waals surface area contributed by atoms with Gasteiger partial charge in [-0.1, -0.05) is 49.3 Å². The van der Waals surface area contributed by atoms with E-state index in [9.17, 15) is 14.7 Å². The van der Waals surface area contributed by atoms with Gasteiger partial charge in [0.15, 0.2) is 0 Å². The van der Waals surface area contributed by atoms with Crippen LogP contribution in [-0.4, -0.2) is 17.2 Å². The second-order valence-corrected chi connectivity index (χ2v) is 10.1. The van der Waals surface area contributed by atoms with Crippen molar-refractivity contribution in [3.8, 4) is 5.75 Å². The van der Waals surface area contributed by atoms with Gasteiger partial charge in [0.2, 0.25) is 0 Å². The zero-order valence-electron chi connectivity index (χ0n) is 21.1. The van der Waals surface area contributed by atoms with Gasteiger partial charge < -0.3 is 14.3 Å². The van der Waals surface area contributed by atoms with E-state index in [0.29, 0.717) is 23.7 Å². The minimum Gasteiger partial charge on any atom is -0.507 e. The maximum absolute atomic E-state index is 11.9. The summed E-state index contributed by atoms with van der Waals surface area (Å²) in [5.74, 6) is 0.517. The number of carbonyl (C=O) groups excluding carboxylic acids is 1. The Labute approximate surface area is 198 Å². The van der Waals surface area contributed by atoms with Gasteiger partial charge in [0.1, 0.15) is 17.6 Å². The quantitative estimate of drug-likeness (QED) is 0.336. The summed E-state index contributed by atoms with van der Waals surface area (Å²) in [5.41, 5.74) is 3.49. The molecule has 0 spiro atoms. The summed E-state index contributed by atoms with van der Waals surface area (Å²) in [6.07, 6.45) is 10.1. The number of rotatable bonds is 9. The third kappa shape index (κ3) is 7.48. The molecule has 1 heterocycles. The lowest BCUT2D eigenvalue weighted by Crippen LogP contribution is -2.43. The number of esters is 1. The van der Waals surface area contributed by atoms with Crippen LogP contribution in [0.15, 0.2) is 50.7 Å². The Morgan fingerprint density at radius 2 is 1.91 bits per heavy atom. The standard InChI is InChI=1S/C28H40O5/c1-18(11-14-23-25(30)17-21(4)32-27(23)31)9-8-10-19(2)12-15-24-20(3)13-16-26(28(24,6)7)33-22(5)29/h10-11,17,24,26,30H,3,8-9,12-16H2,1-2,4-7H3/t24-,26+/m1/s1. The summed E-state index contributed by atoms with van der Waals surface area (Å²) in [6.45, 7) is 16.0. The number of aryl methyl sites for hydroxylation is 1. The monoisotopic (exact) mass is 456 g/mol. The Kier molecular flexibility index (Phi) is 9.33. The summed E-state index contributed by atoms with van der Waals surface area (Å²) >= 11 is 0. The summed E-state index contributed by atoms with van der Waals surface area (Å²) in [4.78, 5) is 23.4. The highest BCUT2D eigenvalue weighted by Crippen LogP contribution is 2.47. The minimum atomic E-state index is -0.476. The number of ether oxygens (including phenoxy) is 1. The fourth-order valence-corrected chi connectivity index (χ4v) is 4.81. The van der Waals surface area contributed by atoms with Gasteiger partial charge in [0.25, 0.3) is 0 Å². The van der Waals surface area contributed by atoms with Crippen molar-refractivity contribution < 1.29 is 19.1 Å². The van der Waals surface area contributed by atoms with E-state index in [-0.39, 0.29) is 23.2 Å². The predicted molar refractivity (Wildman–Crippen MR) is 132 cm³/mol. The van der Waals surface area contributed by atoms with Crippen molar-refractivity contribution in [2.24, 2.45) is 11.3 Å². The molecule has 1 aliphatic carbocycles. The molecule has 0 unspecified atom stereocenters. The van der Waals surface area contributed by atoms with Crippen molar-refractivity contribution in [2.45, 2.75) is 92.6 Å². The molecule has 182 valence electrons. The largest absolute Gasteiger partial charge is 0.507 e. The molecule has 0 radical (unpaired) electrons. The number of hydrogen-bond acceptors (Lipinski definition) is 5. The van der Waals surface area contributed by atoms with E-state index in [2.05, 4.69) is 33.4 Å². The average molecular weight is 457 g/mol. The molecule has 1 aliphatic rings. The highest BCUT2D eigenvalue weighted by molar-refractivity contribution is 5.66. The summed E-state index contributed by atoms with van der Waals surface area (Å²) < 4.78 is 10.7. The van der Waals surface area contributed by atoms with Gasteiger partial charge in [0.05, 0.1) is 5.56 Å². The second kappa shape index (κ2) is 11.5. The highest BCUT2D eigenvalue weighted by Gasteiger charge is 2.43. The van der Waals surface area contributed by atoms with Crippen LogP contribution < -0.4 is 5.63 Å². The normalized spacial score (nSPS) is 21.2. The van der Waals surface area contributed by atoms with Crippen LogP contribution in [0, 0.1) is 18.3 Å². The second-order valence-electron chi connectivity index (χ2n) is 10.1. The number of aromatic hydroxyl groups is 1. The molecule has 5 heteroatoms.